The van der Waals surface area contributed by atoms with Gasteiger partial charge in [-0.1, -0.05) is 66.9 Å². The third kappa shape index (κ3) is 6.78. The van der Waals surface area contributed by atoms with Crippen molar-refractivity contribution in [3.05, 3.63) is 70.7 Å². The van der Waals surface area contributed by atoms with Crippen LogP contribution >= 0.6 is 23.4 Å². The highest BCUT2D eigenvalue weighted by Gasteiger charge is 2.28. The number of hydrogen-bond donors (Lipinski definition) is 1. The molecule has 0 aliphatic heterocycles. The molecule has 3 rings (SSSR count). The van der Waals surface area contributed by atoms with Crippen molar-refractivity contribution in [3.63, 3.8) is 0 Å². The Morgan fingerprint density at radius 1 is 1.10 bits per heavy atom. The van der Waals surface area contributed by atoms with E-state index in [1.165, 1.54) is 5.56 Å². The van der Waals surface area contributed by atoms with Crippen LogP contribution in [0, 0.1) is 0 Å². The van der Waals surface area contributed by atoms with Crippen LogP contribution in [-0.2, 0) is 21.9 Å². The van der Waals surface area contributed by atoms with Crippen LogP contribution in [0.4, 0.5) is 0 Å². The lowest BCUT2D eigenvalue weighted by Crippen LogP contribution is -2.50. The van der Waals surface area contributed by atoms with E-state index in [4.69, 9.17) is 11.6 Å². The maximum atomic E-state index is 13.1. The summed E-state index contributed by atoms with van der Waals surface area (Å²) in [6.45, 7) is 2.18. The quantitative estimate of drug-likeness (QED) is 0.588. The van der Waals surface area contributed by atoms with Gasteiger partial charge < -0.3 is 10.2 Å². The summed E-state index contributed by atoms with van der Waals surface area (Å²) in [7, 11) is 0. The summed E-state index contributed by atoms with van der Waals surface area (Å²) >= 11 is 7.70. The van der Waals surface area contributed by atoms with Gasteiger partial charge in [0.15, 0.2) is 0 Å². The zero-order valence-electron chi connectivity index (χ0n) is 17.4. The molecule has 4 nitrogen and oxygen atoms in total. The first kappa shape index (κ1) is 22.7. The monoisotopic (exact) mass is 444 g/mol. The molecule has 2 aromatic carbocycles. The van der Waals surface area contributed by atoms with Crippen LogP contribution in [0.25, 0.3) is 0 Å². The minimum Gasteiger partial charge on any atom is -0.352 e. The molecule has 1 atom stereocenters. The SMILES string of the molecule is CC(C(=O)NC1CCCC1)N(Cc1cccc(Cl)c1)C(=O)CSCc1ccccc1. The fourth-order valence-electron chi connectivity index (χ4n) is 3.72. The number of amides is 2. The highest BCUT2D eigenvalue weighted by atomic mass is 35.5. The Morgan fingerprint density at radius 3 is 2.50 bits per heavy atom. The molecule has 1 fully saturated rings. The average Bonchev–Trinajstić information content (AvgIpc) is 3.25. The molecule has 0 bridgehead atoms. The number of carbonyl (C=O) groups is 2. The first-order valence-electron chi connectivity index (χ1n) is 10.5. The lowest BCUT2D eigenvalue weighted by Gasteiger charge is -2.29. The van der Waals surface area contributed by atoms with E-state index in [0.29, 0.717) is 17.3 Å². The Labute approximate surface area is 188 Å². The van der Waals surface area contributed by atoms with Gasteiger partial charge in [-0.2, -0.15) is 0 Å². The molecular formula is C24H29ClN2O2S. The van der Waals surface area contributed by atoms with Crippen molar-refractivity contribution >= 4 is 35.2 Å². The Hall–Kier alpha value is -1.98. The number of rotatable bonds is 9. The van der Waals surface area contributed by atoms with Crippen molar-refractivity contribution < 1.29 is 9.59 Å². The second-order valence-corrected chi connectivity index (χ2v) is 9.22. The van der Waals surface area contributed by atoms with Crippen LogP contribution in [0.3, 0.4) is 0 Å². The molecule has 1 saturated carbocycles. The summed E-state index contributed by atoms with van der Waals surface area (Å²) in [6.07, 6.45) is 4.35. The predicted octanol–water partition coefficient (Wildman–Crippen LogP) is 5.05. The minimum atomic E-state index is -0.533. The van der Waals surface area contributed by atoms with Crippen molar-refractivity contribution in [1.82, 2.24) is 10.2 Å². The number of nitrogens with one attached hydrogen (secondary N) is 1. The van der Waals surface area contributed by atoms with Crippen molar-refractivity contribution in [2.24, 2.45) is 0 Å². The summed E-state index contributed by atoms with van der Waals surface area (Å²) in [6, 6.07) is 17.2. The molecule has 0 spiro atoms. The summed E-state index contributed by atoms with van der Waals surface area (Å²) < 4.78 is 0. The zero-order valence-corrected chi connectivity index (χ0v) is 18.9. The third-order valence-corrected chi connectivity index (χ3v) is 6.67. The van der Waals surface area contributed by atoms with Gasteiger partial charge in [0.05, 0.1) is 5.75 Å². The first-order chi connectivity index (χ1) is 14.5. The summed E-state index contributed by atoms with van der Waals surface area (Å²) in [5, 5.41) is 3.75. The van der Waals surface area contributed by atoms with E-state index in [2.05, 4.69) is 17.4 Å². The van der Waals surface area contributed by atoms with Gasteiger partial charge in [0, 0.05) is 23.4 Å². The molecule has 0 heterocycles. The van der Waals surface area contributed by atoms with Crippen molar-refractivity contribution in [1.29, 1.82) is 0 Å². The van der Waals surface area contributed by atoms with Crippen molar-refractivity contribution in [2.75, 3.05) is 5.75 Å². The zero-order chi connectivity index (χ0) is 21.3. The molecule has 1 aliphatic carbocycles. The van der Waals surface area contributed by atoms with E-state index in [0.717, 1.165) is 37.0 Å². The summed E-state index contributed by atoms with van der Waals surface area (Å²) in [4.78, 5) is 27.6. The molecule has 1 unspecified atom stereocenters. The van der Waals surface area contributed by atoms with Crippen LogP contribution in [0.1, 0.15) is 43.7 Å². The number of carbonyl (C=O) groups excluding carboxylic acids is 2. The van der Waals surface area contributed by atoms with Gasteiger partial charge >= 0.3 is 0 Å². The fourth-order valence-corrected chi connectivity index (χ4v) is 4.80. The Bertz CT molecular complexity index is 840. The molecule has 2 aromatic rings. The molecule has 6 heteroatoms. The standard InChI is InChI=1S/C24H29ClN2O2S/c1-18(24(29)26-22-12-5-6-13-22)27(15-20-10-7-11-21(25)14-20)23(28)17-30-16-19-8-3-2-4-9-19/h2-4,7-11,14,18,22H,5-6,12-13,15-17H2,1H3,(H,26,29). The minimum absolute atomic E-state index is 0.0371. The maximum absolute atomic E-state index is 13.1. The average molecular weight is 445 g/mol. The normalized spacial score (nSPS) is 15.0. The van der Waals surface area contributed by atoms with E-state index in [-0.39, 0.29) is 17.9 Å². The first-order valence-corrected chi connectivity index (χ1v) is 12.0. The Balaban J connectivity index is 1.65. The molecule has 2 amide bonds. The molecule has 0 aromatic heterocycles. The fraction of sp³-hybridized carbons (Fsp3) is 0.417. The van der Waals surface area contributed by atoms with Crippen LogP contribution < -0.4 is 5.32 Å². The highest BCUT2D eigenvalue weighted by molar-refractivity contribution is 7.99. The van der Waals surface area contributed by atoms with Gasteiger partial charge in [-0.15, -0.1) is 11.8 Å². The molecular weight excluding hydrogens is 416 g/mol. The molecule has 160 valence electrons. The van der Waals surface area contributed by atoms with E-state index < -0.39 is 6.04 Å². The molecule has 30 heavy (non-hydrogen) atoms. The maximum Gasteiger partial charge on any atom is 0.242 e. The van der Waals surface area contributed by atoms with Gasteiger partial charge in [-0.05, 0) is 43.0 Å². The van der Waals surface area contributed by atoms with Crippen LogP contribution in [0.5, 0.6) is 0 Å². The van der Waals surface area contributed by atoms with E-state index >= 15 is 0 Å². The lowest BCUT2D eigenvalue weighted by molar-refractivity contribution is -0.138. The van der Waals surface area contributed by atoms with Gasteiger partial charge in [-0.25, -0.2) is 0 Å². The largest absolute Gasteiger partial charge is 0.352 e. The molecule has 0 saturated heterocycles. The molecule has 0 radical (unpaired) electrons. The Morgan fingerprint density at radius 2 is 1.80 bits per heavy atom. The molecule has 1 aliphatic rings. The third-order valence-electron chi connectivity index (χ3n) is 5.45. The van der Waals surface area contributed by atoms with Gasteiger partial charge in [0.2, 0.25) is 11.8 Å². The van der Waals surface area contributed by atoms with Crippen LogP contribution in [0.15, 0.2) is 54.6 Å². The predicted molar refractivity (Wildman–Crippen MR) is 124 cm³/mol. The van der Waals surface area contributed by atoms with Gasteiger partial charge in [0.1, 0.15) is 6.04 Å². The number of benzene rings is 2. The summed E-state index contributed by atoms with van der Waals surface area (Å²) in [5.74, 6) is 0.979. The van der Waals surface area contributed by atoms with Crippen LogP contribution in [-0.4, -0.2) is 34.6 Å². The second-order valence-electron chi connectivity index (χ2n) is 7.80. The van der Waals surface area contributed by atoms with E-state index in [1.807, 2.05) is 49.4 Å². The van der Waals surface area contributed by atoms with E-state index in [9.17, 15) is 9.59 Å². The van der Waals surface area contributed by atoms with Crippen molar-refractivity contribution in [3.8, 4) is 0 Å². The van der Waals surface area contributed by atoms with Gasteiger partial charge in [-0.3, -0.25) is 9.59 Å². The number of nitrogens with zero attached hydrogens (tertiary/aromatic N) is 1. The highest BCUT2D eigenvalue weighted by Crippen LogP contribution is 2.20. The second kappa shape index (κ2) is 11.4. The number of hydrogen-bond acceptors (Lipinski definition) is 3. The van der Waals surface area contributed by atoms with E-state index in [1.54, 1.807) is 16.7 Å². The smallest absolute Gasteiger partial charge is 0.242 e. The lowest BCUT2D eigenvalue weighted by atomic mass is 10.1. The van der Waals surface area contributed by atoms with Crippen LogP contribution in [0.2, 0.25) is 5.02 Å². The number of thioether (sulfide) groups is 1. The van der Waals surface area contributed by atoms with Crippen molar-refractivity contribution in [2.45, 2.75) is 57.0 Å². The van der Waals surface area contributed by atoms with Gasteiger partial charge in [0.25, 0.3) is 0 Å². The summed E-state index contributed by atoms with van der Waals surface area (Å²) in [5.41, 5.74) is 2.10. The topological polar surface area (TPSA) is 49.4 Å². The number of halogens is 1. The Kier molecular flexibility index (Phi) is 8.64. The molecule has 1 N–H and O–H groups in total.